The van der Waals surface area contributed by atoms with Crippen molar-refractivity contribution in [3.63, 3.8) is 0 Å². The van der Waals surface area contributed by atoms with E-state index in [0.29, 0.717) is 11.4 Å². The molecule has 1 fully saturated rings. The minimum absolute atomic E-state index is 0.0351. The van der Waals surface area contributed by atoms with E-state index in [1.165, 1.54) is 0 Å². The van der Waals surface area contributed by atoms with Gasteiger partial charge in [-0.25, -0.2) is 18.1 Å². The first-order valence-electron chi connectivity index (χ1n) is 8.89. The summed E-state index contributed by atoms with van der Waals surface area (Å²) in [7, 11) is -3.65. The highest BCUT2D eigenvalue weighted by Gasteiger charge is 2.54. The number of nitrogens with one attached hydrogen (secondary N) is 1. The Morgan fingerprint density at radius 3 is 2.37 bits per heavy atom. The molecule has 0 radical (unpaired) electrons. The predicted molar refractivity (Wildman–Crippen MR) is 109 cm³/mol. The zero-order valence-electron chi connectivity index (χ0n) is 16.7. The van der Waals surface area contributed by atoms with Crippen molar-refractivity contribution in [2.75, 3.05) is 6.54 Å². The van der Waals surface area contributed by atoms with Crippen LogP contribution >= 0.6 is 11.6 Å². The molecular formula is C19H29ClN2O4S. The van der Waals surface area contributed by atoms with Gasteiger partial charge in [0, 0.05) is 10.9 Å². The molecule has 0 saturated carbocycles. The zero-order valence-corrected chi connectivity index (χ0v) is 18.3. The third-order valence-electron chi connectivity index (χ3n) is 5.24. The Kier molecular flexibility index (Phi) is 5.91. The number of benzene rings is 1. The minimum Gasteiger partial charge on any atom is -0.457 e. The van der Waals surface area contributed by atoms with E-state index in [4.69, 9.17) is 16.3 Å². The molecular weight excluding hydrogens is 388 g/mol. The minimum atomic E-state index is -3.65. The largest absolute Gasteiger partial charge is 0.457 e. The number of amidine groups is 1. The maximum atomic E-state index is 12.6. The number of hydrogen-bond donors (Lipinski definition) is 2. The third kappa shape index (κ3) is 4.76. The van der Waals surface area contributed by atoms with Crippen molar-refractivity contribution in [1.29, 1.82) is 0 Å². The van der Waals surface area contributed by atoms with E-state index in [1.54, 1.807) is 47.6 Å². The highest BCUT2D eigenvalue weighted by Crippen LogP contribution is 2.36. The van der Waals surface area contributed by atoms with Crippen LogP contribution in [-0.4, -0.2) is 42.0 Å². The summed E-state index contributed by atoms with van der Waals surface area (Å²) in [6, 6.07) is 7.34. The number of sulfonamides is 1. The molecule has 0 bridgehead atoms. The van der Waals surface area contributed by atoms with Crippen LogP contribution in [0, 0.1) is 0 Å². The summed E-state index contributed by atoms with van der Waals surface area (Å²) in [6.07, 6.45) is 0.412. The van der Waals surface area contributed by atoms with E-state index in [-0.39, 0.29) is 18.5 Å². The van der Waals surface area contributed by atoms with Crippen molar-refractivity contribution < 1.29 is 18.3 Å². The summed E-state index contributed by atoms with van der Waals surface area (Å²) < 4.78 is 32.3. The topological polar surface area (TPSA) is 88.0 Å². The zero-order chi connectivity index (χ0) is 20.7. The molecule has 1 aliphatic rings. The fraction of sp³-hybridized carbons (Fsp3) is 0.632. The van der Waals surface area contributed by atoms with Crippen molar-refractivity contribution in [2.24, 2.45) is 4.99 Å². The predicted octanol–water partition coefficient (Wildman–Crippen LogP) is 3.45. The van der Waals surface area contributed by atoms with Gasteiger partial charge in [-0.15, -0.1) is 0 Å². The van der Waals surface area contributed by atoms with Crippen LogP contribution < -0.4 is 4.72 Å². The maximum absolute atomic E-state index is 12.6. The Morgan fingerprint density at radius 2 is 1.85 bits per heavy atom. The first-order chi connectivity index (χ1) is 12.2. The molecule has 6 nitrogen and oxygen atoms in total. The first kappa shape index (κ1) is 22.0. The maximum Gasteiger partial charge on any atom is 0.299 e. The van der Waals surface area contributed by atoms with Gasteiger partial charge in [0.25, 0.3) is 6.02 Å². The molecule has 1 unspecified atom stereocenters. The lowest BCUT2D eigenvalue weighted by Gasteiger charge is -2.44. The molecule has 27 heavy (non-hydrogen) atoms. The Balaban J connectivity index is 2.32. The number of aliphatic hydroxyl groups is 1. The molecule has 2 N–H and O–H groups in total. The number of hydrogen-bond acceptors (Lipinski definition) is 5. The second-order valence-corrected chi connectivity index (χ2v) is 11.2. The highest BCUT2D eigenvalue weighted by atomic mass is 35.5. The molecule has 152 valence electrons. The van der Waals surface area contributed by atoms with Gasteiger partial charge < -0.3 is 9.84 Å². The fourth-order valence-electron chi connectivity index (χ4n) is 2.89. The highest BCUT2D eigenvalue weighted by molar-refractivity contribution is 7.91. The van der Waals surface area contributed by atoms with Crippen molar-refractivity contribution in [3.05, 3.63) is 34.9 Å². The average molecular weight is 417 g/mol. The van der Waals surface area contributed by atoms with Crippen LogP contribution in [0.1, 0.15) is 59.4 Å². The SMILES string of the molecule is CC(C)(O)CC(CN=C1NS(=O)(=O)C(C)(C)C(C)(C)O1)c1ccccc1Cl. The van der Waals surface area contributed by atoms with Gasteiger partial charge in [0.1, 0.15) is 10.3 Å². The monoisotopic (exact) mass is 416 g/mol. The van der Waals surface area contributed by atoms with Crippen LogP contribution in [-0.2, 0) is 14.8 Å². The van der Waals surface area contributed by atoms with Crippen LogP contribution in [0.4, 0.5) is 0 Å². The Morgan fingerprint density at radius 1 is 1.26 bits per heavy atom. The average Bonchev–Trinajstić information content (AvgIpc) is 2.48. The number of halogens is 1. The van der Waals surface area contributed by atoms with Gasteiger partial charge in [0.15, 0.2) is 0 Å². The second-order valence-electron chi connectivity index (χ2n) is 8.61. The number of aliphatic imine (C=N–C) groups is 1. The van der Waals surface area contributed by atoms with Crippen LogP contribution in [0.5, 0.6) is 0 Å². The van der Waals surface area contributed by atoms with E-state index in [9.17, 15) is 13.5 Å². The molecule has 1 aromatic rings. The lowest BCUT2D eigenvalue weighted by Crippen LogP contribution is -2.64. The smallest absolute Gasteiger partial charge is 0.299 e. The molecule has 1 aliphatic heterocycles. The normalized spacial score (nSPS) is 23.3. The summed E-state index contributed by atoms with van der Waals surface area (Å²) in [5.41, 5.74) is -1.03. The van der Waals surface area contributed by atoms with Gasteiger partial charge in [-0.3, -0.25) is 0 Å². The summed E-state index contributed by atoms with van der Waals surface area (Å²) >= 11 is 6.32. The van der Waals surface area contributed by atoms with Crippen molar-refractivity contribution in [3.8, 4) is 0 Å². The fourth-order valence-corrected chi connectivity index (χ4v) is 4.46. The molecule has 1 atom stereocenters. The summed E-state index contributed by atoms with van der Waals surface area (Å²) in [6.45, 7) is 10.3. The first-order valence-corrected chi connectivity index (χ1v) is 10.7. The van der Waals surface area contributed by atoms with Crippen LogP contribution in [0.3, 0.4) is 0 Å². The molecule has 0 amide bonds. The second kappa shape index (κ2) is 7.26. The van der Waals surface area contributed by atoms with Gasteiger partial charge in [-0.2, -0.15) is 0 Å². The van der Waals surface area contributed by atoms with Crippen LogP contribution in [0.15, 0.2) is 29.3 Å². The Bertz CT molecular complexity index is 826. The lowest BCUT2D eigenvalue weighted by atomic mass is 9.88. The quantitative estimate of drug-likeness (QED) is 0.769. The molecule has 8 heteroatoms. The van der Waals surface area contributed by atoms with E-state index in [2.05, 4.69) is 9.71 Å². The number of nitrogens with zero attached hydrogens (tertiary/aromatic N) is 1. The van der Waals surface area contributed by atoms with Crippen LogP contribution in [0.2, 0.25) is 5.02 Å². The number of ether oxygens (including phenoxy) is 1. The van der Waals surface area contributed by atoms with Crippen molar-refractivity contribution in [2.45, 2.75) is 69.8 Å². The van der Waals surface area contributed by atoms with Gasteiger partial charge >= 0.3 is 0 Å². The molecule has 1 saturated heterocycles. The molecule has 2 rings (SSSR count). The van der Waals surface area contributed by atoms with Crippen LogP contribution in [0.25, 0.3) is 0 Å². The third-order valence-corrected chi connectivity index (χ3v) is 7.86. The Hall–Kier alpha value is -1.31. The molecule has 1 aromatic carbocycles. The van der Waals surface area contributed by atoms with E-state index in [1.807, 2.05) is 18.2 Å². The summed E-state index contributed by atoms with van der Waals surface area (Å²) in [5.74, 6) is -0.197. The lowest BCUT2D eigenvalue weighted by molar-refractivity contribution is 0.0460. The molecule has 0 spiro atoms. The van der Waals surface area contributed by atoms with E-state index < -0.39 is 26.0 Å². The molecule has 0 aliphatic carbocycles. The number of rotatable bonds is 5. The van der Waals surface area contributed by atoms with Gasteiger partial charge in [0.05, 0.1) is 12.1 Å². The van der Waals surface area contributed by atoms with E-state index in [0.717, 1.165) is 5.56 Å². The summed E-state index contributed by atoms with van der Waals surface area (Å²) in [4.78, 5) is 4.38. The van der Waals surface area contributed by atoms with Crippen molar-refractivity contribution in [1.82, 2.24) is 4.72 Å². The Labute approximate surface area is 167 Å². The van der Waals surface area contributed by atoms with E-state index >= 15 is 0 Å². The van der Waals surface area contributed by atoms with Gasteiger partial charge in [0.2, 0.25) is 10.0 Å². The summed E-state index contributed by atoms with van der Waals surface area (Å²) in [5, 5.41) is 10.9. The molecule has 1 heterocycles. The van der Waals surface area contributed by atoms with Gasteiger partial charge in [-0.1, -0.05) is 29.8 Å². The van der Waals surface area contributed by atoms with Gasteiger partial charge in [-0.05, 0) is 59.6 Å². The van der Waals surface area contributed by atoms with Crippen molar-refractivity contribution >= 4 is 27.6 Å². The standard InChI is InChI=1S/C19H29ClN2O4S/c1-17(2,23)11-13(14-9-7-8-10-15(14)20)12-21-16-22-27(24,25)19(5,6)18(3,4)26-16/h7-10,13,23H,11-12H2,1-6H3,(H,21,22). The molecule has 0 aromatic heterocycles.